The van der Waals surface area contributed by atoms with Gasteiger partial charge in [-0.1, -0.05) is 0 Å². The number of piperidine rings is 1. The van der Waals surface area contributed by atoms with Gasteiger partial charge in [0.25, 0.3) is 0 Å². The van der Waals surface area contributed by atoms with Gasteiger partial charge in [-0.3, -0.25) is 0 Å². The topological polar surface area (TPSA) is 74.0 Å². The van der Waals surface area contributed by atoms with Crippen molar-refractivity contribution in [2.24, 2.45) is 0 Å². The van der Waals surface area contributed by atoms with Gasteiger partial charge in [0.15, 0.2) is 23.0 Å². The van der Waals surface area contributed by atoms with Crippen LogP contribution in [-0.4, -0.2) is 52.2 Å². The summed E-state index contributed by atoms with van der Waals surface area (Å²) < 4.78 is 19.0. The highest BCUT2D eigenvalue weighted by Crippen LogP contribution is 2.34. The Kier molecular flexibility index (Phi) is 4.18. The van der Waals surface area contributed by atoms with Gasteiger partial charge in [-0.2, -0.15) is 0 Å². The van der Waals surface area contributed by atoms with E-state index in [-0.39, 0.29) is 6.10 Å². The fourth-order valence-corrected chi connectivity index (χ4v) is 3.80. The maximum absolute atomic E-state index is 6.20. The first kappa shape index (κ1) is 17.1. The lowest BCUT2D eigenvalue weighted by Gasteiger charge is -2.33. The van der Waals surface area contributed by atoms with E-state index in [2.05, 4.69) is 27.0 Å². The number of rotatable bonds is 3. The van der Waals surface area contributed by atoms with Crippen LogP contribution in [0.5, 0.6) is 17.2 Å². The number of aromatic nitrogens is 4. The predicted octanol–water partition coefficient (Wildman–Crippen LogP) is 2.56. The van der Waals surface area contributed by atoms with Crippen molar-refractivity contribution >= 4 is 11.5 Å². The van der Waals surface area contributed by atoms with E-state index in [9.17, 15) is 0 Å². The number of fused-ring (bicyclic) bond motifs is 2. The highest BCUT2D eigenvalue weighted by molar-refractivity contribution is 5.52. The van der Waals surface area contributed by atoms with Gasteiger partial charge < -0.3 is 19.1 Å². The lowest BCUT2D eigenvalue weighted by Crippen LogP contribution is -2.39. The van der Waals surface area contributed by atoms with E-state index in [1.54, 1.807) is 4.63 Å². The molecule has 8 nitrogen and oxygen atoms in total. The third-order valence-corrected chi connectivity index (χ3v) is 5.17. The van der Waals surface area contributed by atoms with Crippen LogP contribution < -0.4 is 19.1 Å². The highest BCUT2D eigenvalue weighted by atomic mass is 16.6. The van der Waals surface area contributed by atoms with Gasteiger partial charge in [-0.25, -0.2) is 4.98 Å². The number of anilines is 1. The summed E-state index contributed by atoms with van der Waals surface area (Å²) in [6.45, 7) is 6.91. The quantitative estimate of drug-likeness (QED) is 0.690. The Labute approximate surface area is 163 Å². The van der Waals surface area contributed by atoms with Crippen LogP contribution in [0.3, 0.4) is 0 Å². The first-order valence-corrected chi connectivity index (χ1v) is 9.68. The molecule has 1 aromatic carbocycles. The Balaban J connectivity index is 1.26. The van der Waals surface area contributed by atoms with Crippen molar-refractivity contribution in [3.63, 3.8) is 0 Å². The third-order valence-electron chi connectivity index (χ3n) is 5.17. The smallest absolute Gasteiger partial charge is 0.176 e. The van der Waals surface area contributed by atoms with Gasteiger partial charge in [0.2, 0.25) is 0 Å². The first-order valence-electron chi connectivity index (χ1n) is 9.68. The van der Waals surface area contributed by atoms with Crippen molar-refractivity contribution in [1.29, 1.82) is 0 Å². The van der Waals surface area contributed by atoms with E-state index in [1.807, 2.05) is 31.2 Å². The SMILES string of the molecule is Cc1nc2cc(C)c(N3CCC(Oc4ccc5c(c4)OCCO5)CC3)nn2n1. The molecule has 146 valence electrons. The van der Waals surface area contributed by atoms with E-state index in [0.29, 0.717) is 13.2 Å². The Morgan fingerprint density at radius 2 is 1.79 bits per heavy atom. The molecule has 0 amide bonds. The lowest BCUT2D eigenvalue weighted by atomic mass is 10.1. The Hall–Kier alpha value is -3.03. The van der Waals surface area contributed by atoms with Crippen LogP contribution in [0.4, 0.5) is 5.82 Å². The molecule has 0 atom stereocenters. The summed E-state index contributed by atoms with van der Waals surface area (Å²) in [4.78, 5) is 6.68. The molecule has 2 aliphatic heterocycles. The van der Waals surface area contributed by atoms with Crippen molar-refractivity contribution < 1.29 is 14.2 Å². The van der Waals surface area contributed by atoms with Crippen LogP contribution in [0.2, 0.25) is 0 Å². The molecule has 0 unspecified atom stereocenters. The zero-order chi connectivity index (χ0) is 19.1. The van der Waals surface area contributed by atoms with E-state index in [1.165, 1.54) is 0 Å². The van der Waals surface area contributed by atoms with E-state index in [4.69, 9.17) is 14.2 Å². The van der Waals surface area contributed by atoms with Crippen molar-refractivity contribution in [2.75, 3.05) is 31.2 Å². The summed E-state index contributed by atoms with van der Waals surface area (Å²) in [5.41, 5.74) is 1.90. The van der Waals surface area contributed by atoms with Gasteiger partial charge in [-0.05, 0) is 37.6 Å². The number of hydrogen-bond donors (Lipinski definition) is 0. The molecule has 2 aliphatic rings. The molecule has 0 radical (unpaired) electrons. The zero-order valence-corrected chi connectivity index (χ0v) is 16.1. The summed E-state index contributed by atoms with van der Waals surface area (Å²) >= 11 is 0. The van der Waals surface area contributed by atoms with Crippen LogP contribution in [0.15, 0.2) is 24.3 Å². The highest BCUT2D eigenvalue weighted by Gasteiger charge is 2.24. The molecule has 1 saturated heterocycles. The minimum Gasteiger partial charge on any atom is -0.490 e. The minimum absolute atomic E-state index is 0.177. The van der Waals surface area contributed by atoms with E-state index < -0.39 is 0 Å². The monoisotopic (exact) mass is 381 g/mol. The van der Waals surface area contributed by atoms with E-state index >= 15 is 0 Å². The second-order valence-electron chi connectivity index (χ2n) is 7.27. The second-order valence-corrected chi connectivity index (χ2v) is 7.27. The zero-order valence-electron chi connectivity index (χ0n) is 16.1. The standard InChI is InChI=1S/C20H23N5O3/c1-13-11-19-21-14(2)22-25(19)23-20(13)24-7-5-15(6-8-24)28-16-3-4-17-18(12-16)27-10-9-26-17/h3-4,11-12,15H,5-10H2,1-2H3. The summed E-state index contributed by atoms with van der Waals surface area (Å²) in [5, 5.41) is 9.01. The summed E-state index contributed by atoms with van der Waals surface area (Å²) in [6, 6.07) is 7.84. The molecule has 0 spiro atoms. The normalized spacial score (nSPS) is 17.1. The molecule has 2 aromatic heterocycles. The number of nitrogens with zero attached hydrogens (tertiary/aromatic N) is 5. The Bertz CT molecular complexity index is 1010. The average molecular weight is 381 g/mol. The molecular weight excluding hydrogens is 358 g/mol. The number of hydrogen-bond acceptors (Lipinski definition) is 7. The van der Waals surface area contributed by atoms with Crippen molar-refractivity contribution in [2.45, 2.75) is 32.8 Å². The molecule has 0 aliphatic carbocycles. The fourth-order valence-electron chi connectivity index (χ4n) is 3.80. The molecule has 4 heterocycles. The van der Waals surface area contributed by atoms with Crippen LogP contribution in [-0.2, 0) is 0 Å². The molecular formula is C20H23N5O3. The van der Waals surface area contributed by atoms with Gasteiger partial charge in [0, 0.05) is 32.0 Å². The number of ether oxygens (including phenoxy) is 3. The lowest BCUT2D eigenvalue weighted by molar-refractivity contribution is 0.159. The Morgan fingerprint density at radius 3 is 2.61 bits per heavy atom. The maximum Gasteiger partial charge on any atom is 0.176 e. The van der Waals surface area contributed by atoms with Crippen molar-refractivity contribution in [3.8, 4) is 17.2 Å². The molecule has 3 aromatic rings. The average Bonchev–Trinajstić information content (AvgIpc) is 3.07. The summed E-state index contributed by atoms with van der Waals surface area (Å²) in [7, 11) is 0. The molecule has 0 saturated carbocycles. The molecule has 8 heteroatoms. The third kappa shape index (κ3) is 3.19. The van der Waals surface area contributed by atoms with Gasteiger partial charge in [0.1, 0.15) is 30.9 Å². The number of aryl methyl sites for hydroxylation is 2. The van der Waals surface area contributed by atoms with Crippen LogP contribution >= 0.6 is 0 Å². The Morgan fingerprint density at radius 1 is 1.00 bits per heavy atom. The largest absolute Gasteiger partial charge is 0.490 e. The predicted molar refractivity (Wildman–Crippen MR) is 104 cm³/mol. The summed E-state index contributed by atoms with van der Waals surface area (Å²) in [6.07, 6.45) is 2.05. The van der Waals surface area contributed by atoms with Crippen molar-refractivity contribution in [1.82, 2.24) is 19.8 Å². The first-order chi connectivity index (χ1) is 13.7. The number of benzene rings is 1. The summed E-state index contributed by atoms with van der Waals surface area (Å²) in [5.74, 6) is 4.08. The van der Waals surface area contributed by atoms with Gasteiger partial charge >= 0.3 is 0 Å². The van der Waals surface area contributed by atoms with Crippen LogP contribution in [0, 0.1) is 13.8 Å². The molecule has 1 fully saturated rings. The van der Waals surface area contributed by atoms with Gasteiger partial charge in [0.05, 0.1) is 0 Å². The molecule has 28 heavy (non-hydrogen) atoms. The maximum atomic E-state index is 6.20. The van der Waals surface area contributed by atoms with Crippen molar-refractivity contribution in [3.05, 3.63) is 35.7 Å². The fraction of sp³-hybridized carbons (Fsp3) is 0.450. The van der Waals surface area contributed by atoms with Crippen LogP contribution in [0.25, 0.3) is 5.65 Å². The molecule has 0 bridgehead atoms. The van der Waals surface area contributed by atoms with Crippen LogP contribution in [0.1, 0.15) is 24.2 Å². The van der Waals surface area contributed by atoms with Gasteiger partial charge in [-0.15, -0.1) is 14.8 Å². The second kappa shape index (κ2) is 6.85. The minimum atomic E-state index is 0.177. The molecule has 0 N–H and O–H groups in total. The van der Waals surface area contributed by atoms with E-state index in [0.717, 1.165) is 66.0 Å². The molecule has 5 rings (SSSR count).